The smallest absolute Gasteiger partial charge is 0.317 e. The molecule has 4 aliphatic carbocycles. The Kier molecular flexibility index (Phi) is 3.00. The fraction of sp³-hybridized carbons (Fsp3) is 0.458. The predicted molar refractivity (Wildman–Crippen MR) is 102 cm³/mol. The number of hydrogen-bond donors (Lipinski definition) is 0. The van der Waals surface area contributed by atoms with Crippen LogP contribution in [0.25, 0.3) is 0 Å². The summed E-state index contributed by atoms with van der Waals surface area (Å²) in [7, 11) is 0. The van der Waals surface area contributed by atoms with Gasteiger partial charge in [0.15, 0.2) is 0 Å². The number of hydrogen-bond acceptors (Lipinski definition) is 3. The highest BCUT2D eigenvalue weighted by Crippen LogP contribution is 2.84. The van der Waals surface area contributed by atoms with Gasteiger partial charge in [0.05, 0.1) is 5.41 Å². The molecule has 2 bridgehead atoms. The van der Waals surface area contributed by atoms with Gasteiger partial charge in [-0.05, 0) is 98.6 Å². The lowest BCUT2D eigenvalue weighted by Gasteiger charge is -2.66. The Hall–Kier alpha value is -2.29. The molecule has 0 aliphatic heterocycles. The van der Waals surface area contributed by atoms with Gasteiger partial charge in [0.2, 0.25) is 0 Å². The summed E-state index contributed by atoms with van der Waals surface area (Å²) in [6.07, 6.45) is 5.93. The van der Waals surface area contributed by atoms with E-state index >= 15 is 0 Å². The van der Waals surface area contributed by atoms with Gasteiger partial charge in [-0.15, -0.1) is 0 Å². The monoisotopic (exact) mass is 360 g/mol. The lowest BCUT2D eigenvalue weighted by Crippen LogP contribution is -2.59. The molecule has 27 heavy (non-hydrogen) atoms. The highest BCUT2D eigenvalue weighted by Gasteiger charge is 2.79. The fourth-order valence-corrected chi connectivity index (χ4v) is 6.85. The van der Waals surface area contributed by atoms with Gasteiger partial charge in [-0.1, -0.05) is 17.7 Å². The molecule has 4 aliphatic rings. The lowest BCUT2D eigenvalue weighted by molar-refractivity contribution is -0.179. The molecule has 2 aromatic carbocycles. The largest absolute Gasteiger partial charge is 0.457 e. The van der Waals surface area contributed by atoms with Gasteiger partial charge in [0.25, 0.3) is 0 Å². The van der Waals surface area contributed by atoms with Crippen LogP contribution >= 0.6 is 0 Å². The summed E-state index contributed by atoms with van der Waals surface area (Å²) >= 11 is 0. The van der Waals surface area contributed by atoms with Crippen LogP contribution in [0.3, 0.4) is 0 Å². The minimum Gasteiger partial charge on any atom is -0.457 e. The van der Waals surface area contributed by atoms with E-state index in [0.717, 1.165) is 48.5 Å². The zero-order valence-corrected chi connectivity index (χ0v) is 15.6. The van der Waals surface area contributed by atoms with Crippen molar-refractivity contribution >= 4 is 5.97 Å². The molecule has 0 aromatic heterocycles. The molecule has 0 radical (unpaired) electrons. The zero-order chi connectivity index (χ0) is 18.2. The topological polar surface area (TPSA) is 35.5 Å². The predicted octanol–water partition coefficient (Wildman–Crippen LogP) is 5.52. The van der Waals surface area contributed by atoms with Crippen molar-refractivity contribution in [2.45, 2.75) is 39.0 Å². The van der Waals surface area contributed by atoms with Gasteiger partial charge in [0.1, 0.15) is 17.2 Å². The quantitative estimate of drug-likeness (QED) is 0.532. The molecule has 138 valence electrons. The molecule has 1 spiro atoms. The Bertz CT molecular complexity index is 896. The third-order valence-corrected chi connectivity index (χ3v) is 8.06. The second-order valence-corrected chi connectivity index (χ2v) is 9.32. The molecule has 2 aromatic rings. The van der Waals surface area contributed by atoms with Crippen molar-refractivity contribution in [3.05, 3.63) is 54.1 Å². The van der Waals surface area contributed by atoms with Crippen LogP contribution in [0.15, 0.2) is 48.5 Å². The Balaban J connectivity index is 1.15. The third-order valence-electron chi connectivity index (χ3n) is 8.06. The first kappa shape index (κ1) is 15.7. The van der Waals surface area contributed by atoms with Crippen molar-refractivity contribution < 1.29 is 14.3 Å². The van der Waals surface area contributed by atoms with Crippen molar-refractivity contribution in [1.82, 2.24) is 0 Å². The van der Waals surface area contributed by atoms with Gasteiger partial charge < -0.3 is 9.47 Å². The van der Waals surface area contributed by atoms with Crippen LogP contribution < -0.4 is 9.47 Å². The van der Waals surface area contributed by atoms with E-state index in [2.05, 4.69) is 6.92 Å². The molecule has 3 nitrogen and oxygen atoms in total. The van der Waals surface area contributed by atoms with E-state index in [1.54, 1.807) is 0 Å². The number of aryl methyl sites for hydroxylation is 1. The van der Waals surface area contributed by atoms with Crippen molar-refractivity contribution in [2.75, 3.05) is 0 Å². The molecule has 0 N–H and O–H groups in total. The van der Waals surface area contributed by atoms with E-state index in [9.17, 15) is 4.79 Å². The molecule has 0 amide bonds. The molecule has 0 saturated heterocycles. The lowest BCUT2D eigenvalue weighted by atomic mass is 9.38. The Morgan fingerprint density at radius 3 is 1.96 bits per heavy atom. The van der Waals surface area contributed by atoms with E-state index in [1.165, 1.54) is 18.4 Å². The van der Waals surface area contributed by atoms with Gasteiger partial charge in [0, 0.05) is 0 Å². The summed E-state index contributed by atoms with van der Waals surface area (Å²) in [6.45, 7) is 2.05. The highest BCUT2D eigenvalue weighted by atomic mass is 16.5. The van der Waals surface area contributed by atoms with Crippen LogP contribution in [0.4, 0.5) is 0 Å². The molecule has 2 unspecified atom stereocenters. The summed E-state index contributed by atoms with van der Waals surface area (Å²) in [5.74, 6) is 4.70. The number of esters is 1. The highest BCUT2D eigenvalue weighted by molar-refractivity contribution is 5.81. The maximum Gasteiger partial charge on any atom is 0.317 e. The summed E-state index contributed by atoms with van der Waals surface area (Å²) in [6, 6.07) is 15.4. The van der Waals surface area contributed by atoms with Crippen LogP contribution in [-0.2, 0) is 4.79 Å². The maximum atomic E-state index is 13.0. The molecular formula is C24H24O3. The van der Waals surface area contributed by atoms with Crippen LogP contribution in [0.5, 0.6) is 17.2 Å². The Morgan fingerprint density at radius 2 is 1.41 bits per heavy atom. The Labute approximate surface area is 159 Å². The number of ether oxygens (including phenoxy) is 2. The molecule has 3 heteroatoms. The molecule has 0 heterocycles. The van der Waals surface area contributed by atoms with Gasteiger partial charge in [-0.2, -0.15) is 0 Å². The maximum absolute atomic E-state index is 13.0. The van der Waals surface area contributed by atoms with Crippen LogP contribution in [0, 0.1) is 35.5 Å². The summed E-state index contributed by atoms with van der Waals surface area (Å²) in [5.41, 5.74) is 1.55. The van der Waals surface area contributed by atoms with Crippen molar-refractivity contribution in [1.29, 1.82) is 0 Å². The number of benzene rings is 2. The summed E-state index contributed by atoms with van der Waals surface area (Å²) < 4.78 is 11.7. The van der Waals surface area contributed by atoms with Crippen LogP contribution in [0.1, 0.15) is 37.7 Å². The van der Waals surface area contributed by atoms with Gasteiger partial charge >= 0.3 is 5.97 Å². The van der Waals surface area contributed by atoms with Gasteiger partial charge in [-0.3, -0.25) is 4.79 Å². The molecule has 2 atom stereocenters. The Morgan fingerprint density at radius 1 is 0.852 bits per heavy atom. The normalized spacial score (nSPS) is 37.1. The van der Waals surface area contributed by atoms with Crippen LogP contribution in [0.2, 0.25) is 0 Å². The first-order chi connectivity index (χ1) is 13.1. The second kappa shape index (κ2) is 5.15. The van der Waals surface area contributed by atoms with Crippen molar-refractivity contribution in [2.24, 2.45) is 28.6 Å². The van der Waals surface area contributed by atoms with E-state index in [1.807, 2.05) is 48.5 Å². The van der Waals surface area contributed by atoms with Crippen molar-refractivity contribution in [3.8, 4) is 17.2 Å². The number of carbonyl (C=O) groups is 1. The fourth-order valence-electron chi connectivity index (χ4n) is 6.85. The van der Waals surface area contributed by atoms with Gasteiger partial charge in [-0.25, -0.2) is 0 Å². The number of rotatable bonds is 4. The van der Waals surface area contributed by atoms with E-state index in [0.29, 0.717) is 11.2 Å². The van der Waals surface area contributed by atoms with Crippen molar-refractivity contribution in [3.63, 3.8) is 0 Å². The summed E-state index contributed by atoms with van der Waals surface area (Å²) in [4.78, 5) is 13.0. The minimum absolute atomic E-state index is 0.00614. The second-order valence-electron chi connectivity index (χ2n) is 9.32. The van der Waals surface area contributed by atoms with E-state index < -0.39 is 0 Å². The minimum atomic E-state index is -0.197. The average molecular weight is 360 g/mol. The molecule has 6 rings (SSSR count). The number of fused-ring (bicyclic) bond motifs is 1. The van der Waals surface area contributed by atoms with Crippen LogP contribution in [-0.4, -0.2) is 5.97 Å². The average Bonchev–Trinajstić information content (AvgIpc) is 3.14. The molecule has 4 saturated carbocycles. The van der Waals surface area contributed by atoms with E-state index in [4.69, 9.17) is 9.47 Å². The SMILES string of the molecule is Cc1ccc(Oc2ccc(OC(=O)C34CC5CC6CC(C3)C65C4)cc2)cc1. The number of carbonyl (C=O) groups excluding carboxylic acids is 1. The summed E-state index contributed by atoms with van der Waals surface area (Å²) in [5, 5.41) is 0. The first-order valence-corrected chi connectivity index (χ1v) is 10.1. The molecular weight excluding hydrogens is 336 g/mol. The third kappa shape index (κ3) is 2.06. The zero-order valence-electron chi connectivity index (χ0n) is 15.6. The first-order valence-electron chi connectivity index (χ1n) is 10.1. The standard InChI is InChI=1S/C24H24O3/c1-15-2-4-19(5-3-15)26-20-6-8-21(9-7-20)27-22(25)23-12-17-10-16-11-18(13-23)24(16,17)14-23/h2-9,16-18H,10-14H2,1H3. The molecule has 4 fully saturated rings. The van der Waals surface area contributed by atoms with E-state index in [-0.39, 0.29) is 11.4 Å².